The van der Waals surface area contributed by atoms with Crippen LogP contribution < -0.4 is 5.73 Å². The molecule has 0 heterocycles. The van der Waals surface area contributed by atoms with Crippen LogP contribution in [0.2, 0.25) is 5.02 Å². The first-order valence-corrected chi connectivity index (χ1v) is 5.89. The molecule has 0 aliphatic rings. The molecule has 0 fully saturated rings. The first-order valence-electron chi connectivity index (χ1n) is 4.46. The van der Waals surface area contributed by atoms with Crippen LogP contribution in [-0.2, 0) is 0 Å². The van der Waals surface area contributed by atoms with Crippen LogP contribution in [0.25, 0.3) is 0 Å². The zero-order chi connectivity index (χ0) is 10.4. The lowest BCUT2D eigenvalue weighted by molar-refractivity contribution is 0.322. The zero-order valence-electron chi connectivity index (χ0n) is 7.82. The fourth-order valence-electron chi connectivity index (χ4n) is 1.22. The van der Waals surface area contributed by atoms with Crippen molar-refractivity contribution in [2.24, 2.45) is 5.73 Å². The van der Waals surface area contributed by atoms with Crippen molar-refractivity contribution in [1.29, 1.82) is 0 Å². The SMILES string of the molecule is NCC(SCCO)c1ccccc1Cl. The third kappa shape index (κ3) is 3.17. The standard InChI is InChI=1S/C10H14ClNOS/c11-9-4-2-1-3-8(9)10(7-12)14-6-5-13/h1-4,10,13H,5-7,12H2. The van der Waals surface area contributed by atoms with Crippen molar-refractivity contribution in [3.8, 4) is 0 Å². The molecule has 0 aromatic heterocycles. The van der Waals surface area contributed by atoms with Crippen molar-refractivity contribution >= 4 is 23.4 Å². The minimum absolute atomic E-state index is 0.172. The van der Waals surface area contributed by atoms with Crippen LogP contribution >= 0.6 is 23.4 Å². The molecule has 1 rings (SSSR count). The highest BCUT2D eigenvalue weighted by atomic mass is 35.5. The molecule has 0 spiro atoms. The average molecular weight is 232 g/mol. The number of benzene rings is 1. The van der Waals surface area contributed by atoms with Crippen molar-refractivity contribution < 1.29 is 5.11 Å². The molecular formula is C10H14ClNOS. The van der Waals surface area contributed by atoms with Crippen molar-refractivity contribution in [3.63, 3.8) is 0 Å². The lowest BCUT2D eigenvalue weighted by Gasteiger charge is -2.15. The molecule has 3 N–H and O–H groups in total. The lowest BCUT2D eigenvalue weighted by Crippen LogP contribution is -2.11. The molecular weight excluding hydrogens is 218 g/mol. The number of aliphatic hydroxyl groups excluding tert-OH is 1. The van der Waals surface area contributed by atoms with Gasteiger partial charge in [-0.05, 0) is 11.6 Å². The number of rotatable bonds is 5. The first kappa shape index (κ1) is 11.9. The van der Waals surface area contributed by atoms with Crippen molar-refractivity contribution in [1.82, 2.24) is 0 Å². The molecule has 1 aromatic carbocycles. The van der Waals surface area contributed by atoms with E-state index >= 15 is 0 Å². The number of nitrogens with two attached hydrogens (primary N) is 1. The molecule has 0 aliphatic carbocycles. The predicted molar refractivity (Wildman–Crippen MR) is 62.8 cm³/mol. The summed E-state index contributed by atoms with van der Waals surface area (Å²) < 4.78 is 0. The predicted octanol–water partition coefficient (Wildman–Crippen LogP) is 2.07. The van der Waals surface area contributed by atoms with E-state index < -0.39 is 0 Å². The van der Waals surface area contributed by atoms with Crippen molar-refractivity contribution in [2.45, 2.75) is 5.25 Å². The van der Waals surface area contributed by atoms with Crippen LogP contribution in [0.15, 0.2) is 24.3 Å². The quantitative estimate of drug-likeness (QED) is 0.816. The van der Waals surface area contributed by atoms with Gasteiger partial charge in [0.1, 0.15) is 0 Å². The summed E-state index contributed by atoms with van der Waals surface area (Å²) >= 11 is 7.67. The van der Waals surface area contributed by atoms with Crippen LogP contribution in [-0.4, -0.2) is 24.0 Å². The number of thioether (sulfide) groups is 1. The van der Waals surface area contributed by atoms with E-state index in [1.54, 1.807) is 11.8 Å². The van der Waals surface area contributed by atoms with Crippen molar-refractivity contribution in [3.05, 3.63) is 34.9 Å². The van der Waals surface area contributed by atoms with Crippen LogP contribution in [0.4, 0.5) is 0 Å². The van der Waals surface area contributed by atoms with E-state index in [1.807, 2.05) is 24.3 Å². The van der Waals surface area contributed by atoms with E-state index in [-0.39, 0.29) is 11.9 Å². The maximum absolute atomic E-state index is 8.73. The van der Waals surface area contributed by atoms with E-state index in [9.17, 15) is 0 Å². The van der Waals surface area contributed by atoms with Gasteiger partial charge in [0.25, 0.3) is 0 Å². The molecule has 14 heavy (non-hydrogen) atoms. The summed E-state index contributed by atoms with van der Waals surface area (Å²) in [6.45, 7) is 0.708. The van der Waals surface area contributed by atoms with E-state index in [0.717, 1.165) is 10.6 Å². The molecule has 0 aliphatic heterocycles. The van der Waals surface area contributed by atoms with E-state index in [4.69, 9.17) is 22.4 Å². The third-order valence-electron chi connectivity index (χ3n) is 1.88. The molecule has 0 saturated heterocycles. The van der Waals surface area contributed by atoms with Crippen LogP contribution in [0.5, 0.6) is 0 Å². The molecule has 0 radical (unpaired) electrons. The van der Waals surface area contributed by atoms with Gasteiger partial charge in [-0.15, -0.1) is 0 Å². The number of hydrogen-bond donors (Lipinski definition) is 2. The minimum Gasteiger partial charge on any atom is -0.396 e. The van der Waals surface area contributed by atoms with E-state index in [1.165, 1.54) is 0 Å². The lowest BCUT2D eigenvalue weighted by atomic mass is 10.1. The molecule has 78 valence electrons. The zero-order valence-corrected chi connectivity index (χ0v) is 9.39. The Hall–Kier alpha value is -0.220. The fourth-order valence-corrected chi connectivity index (χ4v) is 2.46. The smallest absolute Gasteiger partial charge is 0.0521 e. The summed E-state index contributed by atoms with van der Waals surface area (Å²) in [5.74, 6) is 0.688. The van der Waals surface area contributed by atoms with E-state index in [0.29, 0.717) is 12.3 Å². The van der Waals surface area contributed by atoms with Crippen molar-refractivity contribution in [2.75, 3.05) is 18.9 Å². The molecule has 1 aromatic rings. The molecule has 2 nitrogen and oxygen atoms in total. The molecule has 1 unspecified atom stereocenters. The maximum atomic E-state index is 8.73. The fraction of sp³-hybridized carbons (Fsp3) is 0.400. The Kier molecular flexibility index (Phi) is 5.33. The number of hydrogen-bond acceptors (Lipinski definition) is 3. The summed E-state index contributed by atoms with van der Waals surface area (Å²) in [5, 5.41) is 9.65. The Balaban J connectivity index is 2.73. The monoisotopic (exact) mass is 231 g/mol. The summed E-state index contributed by atoms with van der Waals surface area (Å²) in [6.07, 6.45) is 0. The minimum atomic E-state index is 0.172. The maximum Gasteiger partial charge on any atom is 0.0521 e. The normalized spacial score (nSPS) is 12.8. The Labute approximate surface area is 93.5 Å². The second-order valence-electron chi connectivity index (χ2n) is 2.84. The number of halogens is 1. The van der Waals surface area contributed by atoms with Crippen LogP contribution in [0, 0.1) is 0 Å². The number of aliphatic hydroxyl groups is 1. The third-order valence-corrected chi connectivity index (χ3v) is 3.49. The second kappa shape index (κ2) is 6.30. The molecule has 0 amide bonds. The molecule has 0 saturated carbocycles. The van der Waals surface area contributed by atoms with Gasteiger partial charge in [-0.2, -0.15) is 11.8 Å². The van der Waals surface area contributed by atoms with Gasteiger partial charge < -0.3 is 10.8 Å². The van der Waals surface area contributed by atoms with Gasteiger partial charge in [-0.3, -0.25) is 0 Å². The second-order valence-corrected chi connectivity index (χ2v) is 4.56. The van der Waals surface area contributed by atoms with Gasteiger partial charge in [0.2, 0.25) is 0 Å². The van der Waals surface area contributed by atoms with E-state index in [2.05, 4.69) is 0 Å². The largest absolute Gasteiger partial charge is 0.396 e. The summed E-state index contributed by atoms with van der Waals surface area (Å²) in [6, 6.07) is 7.68. The first-order chi connectivity index (χ1) is 6.79. The van der Waals surface area contributed by atoms with Gasteiger partial charge in [0.15, 0.2) is 0 Å². The Morgan fingerprint density at radius 1 is 1.43 bits per heavy atom. The molecule has 0 bridgehead atoms. The Morgan fingerprint density at radius 2 is 2.14 bits per heavy atom. The Bertz CT molecular complexity index is 283. The summed E-state index contributed by atoms with van der Waals surface area (Å²) in [4.78, 5) is 0. The van der Waals surface area contributed by atoms with Crippen LogP contribution in [0.1, 0.15) is 10.8 Å². The Morgan fingerprint density at radius 3 is 2.71 bits per heavy atom. The highest BCUT2D eigenvalue weighted by molar-refractivity contribution is 7.99. The van der Waals surface area contributed by atoms with Crippen LogP contribution in [0.3, 0.4) is 0 Å². The topological polar surface area (TPSA) is 46.2 Å². The summed E-state index contributed by atoms with van der Waals surface area (Å²) in [5.41, 5.74) is 6.70. The van der Waals surface area contributed by atoms with Gasteiger partial charge >= 0.3 is 0 Å². The van der Waals surface area contributed by atoms with Gasteiger partial charge in [0.05, 0.1) is 6.61 Å². The highest BCUT2D eigenvalue weighted by Crippen LogP contribution is 2.32. The molecule has 4 heteroatoms. The summed E-state index contributed by atoms with van der Waals surface area (Å²) in [7, 11) is 0. The highest BCUT2D eigenvalue weighted by Gasteiger charge is 2.12. The average Bonchev–Trinajstić information content (AvgIpc) is 2.21. The van der Waals surface area contributed by atoms with Gasteiger partial charge in [-0.1, -0.05) is 29.8 Å². The van der Waals surface area contributed by atoms with Gasteiger partial charge in [-0.25, -0.2) is 0 Å². The van der Waals surface area contributed by atoms with Gasteiger partial charge in [0, 0.05) is 22.6 Å². The molecule has 1 atom stereocenters.